The minimum absolute atomic E-state index is 0.161. The zero-order valence-corrected chi connectivity index (χ0v) is 18.5. The number of amides is 1. The summed E-state index contributed by atoms with van der Waals surface area (Å²) in [6, 6.07) is 25.1. The summed E-state index contributed by atoms with van der Waals surface area (Å²) >= 11 is 0. The first-order valence-electron chi connectivity index (χ1n) is 11.1. The number of halogens is 1. The molecule has 170 valence electrons. The predicted molar refractivity (Wildman–Crippen MR) is 129 cm³/mol. The molecule has 1 aliphatic rings. The predicted octanol–water partition coefficient (Wildman–Crippen LogP) is 5.04. The molecule has 34 heavy (non-hydrogen) atoms. The second kappa shape index (κ2) is 9.70. The first kappa shape index (κ1) is 21.6. The summed E-state index contributed by atoms with van der Waals surface area (Å²) in [4.78, 5) is 25.7. The lowest BCUT2D eigenvalue weighted by molar-refractivity contribution is 0.0745. The smallest absolute Gasteiger partial charge is 0.254 e. The normalized spacial score (nSPS) is 13.6. The Morgan fingerprint density at radius 2 is 1.56 bits per heavy atom. The number of hydrogen-bond donors (Lipinski definition) is 0. The average molecular weight is 455 g/mol. The highest BCUT2D eigenvalue weighted by atomic mass is 19.1. The largest absolute Gasteiger partial charge is 0.457 e. The number of nitrogens with zero attached hydrogens (tertiary/aromatic N) is 4. The molecule has 1 aromatic heterocycles. The van der Waals surface area contributed by atoms with Crippen LogP contribution >= 0.6 is 0 Å². The Labute approximate surface area is 197 Å². The van der Waals surface area contributed by atoms with E-state index in [0.717, 1.165) is 22.8 Å². The Morgan fingerprint density at radius 3 is 2.29 bits per heavy atom. The van der Waals surface area contributed by atoms with Gasteiger partial charge >= 0.3 is 0 Å². The van der Waals surface area contributed by atoms with Gasteiger partial charge in [0, 0.05) is 43.5 Å². The maximum atomic E-state index is 13.5. The summed E-state index contributed by atoms with van der Waals surface area (Å²) in [6.07, 6.45) is 1.75. The van der Waals surface area contributed by atoms with Crippen molar-refractivity contribution < 1.29 is 13.9 Å². The van der Waals surface area contributed by atoms with Crippen molar-refractivity contribution in [2.45, 2.75) is 0 Å². The molecule has 0 aliphatic carbocycles. The summed E-state index contributed by atoms with van der Waals surface area (Å²) < 4.78 is 19.3. The van der Waals surface area contributed by atoms with Crippen LogP contribution in [-0.2, 0) is 0 Å². The van der Waals surface area contributed by atoms with E-state index >= 15 is 0 Å². The summed E-state index contributed by atoms with van der Waals surface area (Å²) in [7, 11) is 0. The van der Waals surface area contributed by atoms with Gasteiger partial charge in [-0.1, -0.05) is 24.3 Å². The molecule has 3 aromatic carbocycles. The van der Waals surface area contributed by atoms with Gasteiger partial charge in [-0.05, 0) is 60.7 Å². The SMILES string of the molecule is O=C(c1cccc(F)c1)N1CCN(c2nccc(-c3ccc(Oc4ccccc4)cc3)n2)CC1. The van der Waals surface area contributed by atoms with Crippen LogP contribution in [0.25, 0.3) is 11.3 Å². The fraction of sp³-hybridized carbons (Fsp3) is 0.148. The van der Waals surface area contributed by atoms with Crippen molar-refractivity contribution in [3.05, 3.63) is 103 Å². The molecule has 7 heteroatoms. The highest BCUT2D eigenvalue weighted by Gasteiger charge is 2.24. The number of benzene rings is 3. The highest BCUT2D eigenvalue weighted by molar-refractivity contribution is 5.94. The highest BCUT2D eigenvalue weighted by Crippen LogP contribution is 2.26. The van der Waals surface area contributed by atoms with E-state index in [9.17, 15) is 9.18 Å². The molecule has 0 unspecified atom stereocenters. The molecule has 0 spiro atoms. The van der Waals surface area contributed by atoms with Crippen molar-refractivity contribution in [1.82, 2.24) is 14.9 Å². The van der Waals surface area contributed by atoms with E-state index in [1.807, 2.05) is 60.7 Å². The second-order valence-corrected chi connectivity index (χ2v) is 7.97. The van der Waals surface area contributed by atoms with Crippen molar-refractivity contribution in [2.24, 2.45) is 0 Å². The zero-order valence-electron chi connectivity index (χ0n) is 18.5. The number of rotatable bonds is 5. The first-order chi connectivity index (χ1) is 16.7. The van der Waals surface area contributed by atoms with Gasteiger partial charge < -0.3 is 14.5 Å². The maximum Gasteiger partial charge on any atom is 0.254 e. The number of piperazine rings is 1. The molecule has 4 aromatic rings. The van der Waals surface area contributed by atoms with Crippen LogP contribution in [0, 0.1) is 5.82 Å². The Balaban J connectivity index is 1.24. The summed E-state index contributed by atoms with van der Waals surface area (Å²) in [5.74, 6) is 1.60. The topological polar surface area (TPSA) is 58.6 Å². The third kappa shape index (κ3) is 4.88. The van der Waals surface area contributed by atoms with Gasteiger partial charge in [0.2, 0.25) is 5.95 Å². The van der Waals surface area contributed by atoms with E-state index in [1.165, 1.54) is 12.1 Å². The van der Waals surface area contributed by atoms with Crippen molar-refractivity contribution in [3.63, 3.8) is 0 Å². The standard InChI is InChI=1S/C27H23FN4O2/c28-22-6-4-5-21(19-22)26(33)31-15-17-32(18-16-31)27-29-14-13-25(30-27)20-9-11-24(12-10-20)34-23-7-2-1-3-8-23/h1-14,19H,15-18H2. The molecule has 0 atom stereocenters. The molecule has 1 saturated heterocycles. The van der Waals surface area contributed by atoms with E-state index in [0.29, 0.717) is 37.7 Å². The van der Waals surface area contributed by atoms with Crippen molar-refractivity contribution >= 4 is 11.9 Å². The molecular weight excluding hydrogens is 431 g/mol. The van der Waals surface area contributed by atoms with Gasteiger partial charge in [0.05, 0.1) is 5.69 Å². The van der Waals surface area contributed by atoms with Crippen molar-refractivity contribution in [3.8, 4) is 22.8 Å². The Bertz CT molecular complexity index is 1270. The van der Waals surface area contributed by atoms with Gasteiger partial charge in [-0.25, -0.2) is 14.4 Å². The molecular formula is C27H23FN4O2. The fourth-order valence-electron chi connectivity index (χ4n) is 3.89. The lowest BCUT2D eigenvalue weighted by Crippen LogP contribution is -2.49. The monoisotopic (exact) mass is 454 g/mol. The zero-order chi connectivity index (χ0) is 23.3. The van der Waals surface area contributed by atoms with Crippen LogP contribution in [0.15, 0.2) is 91.1 Å². The van der Waals surface area contributed by atoms with Gasteiger partial charge in [0.25, 0.3) is 5.91 Å². The Kier molecular flexibility index (Phi) is 6.16. The molecule has 6 nitrogen and oxygen atoms in total. The summed E-state index contributed by atoms with van der Waals surface area (Å²) in [5, 5.41) is 0. The number of para-hydroxylation sites is 1. The minimum atomic E-state index is -0.408. The lowest BCUT2D eigenvalue weighted by atomic mass is 10.1. The van der Waals surface area contributed by atoms with E-state index in [-0.39, 0.29) is 5.91 Å². The van der Waals surface area contributed by atoms with E-state index in [4.69, 9.17) is 9.72 Å². The van der Waals surface area contributed by atoms with Gasteiger partial charge in [-0.2, -0.15) is 0 Å². The molecule has 0 radical (unpaired) electrons. The quantitative estimate of drug-likeness (QED) is 0.423. The third-order valence-electron chi connectivity index (χ3n) is 5.69. The number of hydrogen-bond acceptors (Lipinski definition) is 5. The van der Waals surface area contributed by atoms with Gasteiger partial charge in [-0.15, -0.1) is 0 Å². The van der Waals surface area contributed by atoms with E-state index in [1.54, 1.807) is 23.2 Å². The van der Waals surface area contributed by atoms with Crippen LogP contribution in [0.1, 0.15) is 10.4 Å². The summed E-state index contributed by atoms with van der Waals surface area (Å²) in [6.45, 7) is 2.26. The molecule has 1 fully saturated rings. The van der Waals surface area contributed by atoms with E-state index < -0.39 is 5.82 Å². The van der Waals surface area contributed by atoms with Crippen LogP contribution in [-0.4, -0.2) is 47.0 Å². The van der Waals surface area contributed by atoms with Crippen LogP contribution in [0.3, 0.4) is 0 Å². The second-order valence-electron chi connectivity index (χ2n) is 7.97. The van der Waals surface area contributed by atoms with Gasteiger partial charge in [0.15, 0.2) is 0 Å². The minimum Gasteiger partial charge on any atom is -0.457 e. The Morgan fingerprint density at radius 1 is 0.824 bits per heavy atom. The molecule has 0 N–H and O–H groups in total. The van der Waals surface area contributed by atoms with Crippen molar-refractivity contribution in [2.75, 3.05) is 31.1 Å². The number of carbonyl (C=O) groups is 1. The molecule has 0 saturated carbocycles. The van der Waals surface area contributed by atoms with Crippen LogP contribution in [0.4, 0.5) is 10.3 Å². The van der Waals surface area contributed by atoms with Crippen LogP contribution < -0.4 is 9.64 Å². The first-order valence-corrected chi connectivity index (χ1v) is 11.1. The maximum absolute atomic E-state index is 13.5. The average Bonchev–Trinajstić information content (AvgIpc) is 2.89. The fourth-order valence-corrected chi connectivity index (χ4v) is 3.89. The number of ether oxygens (including phenoxy) is 1. The molecule has 2 heterocycles. The number of carbonyl (C=O) groups excluding carboxylic acids is 1. The van der Waals surface area contributed by atoms with Crippen LogP contribution in [0.5, 0.6) is 11.5 Å². The molecule has 1 aliphatic heterocycles. The number of aromatic nitrogens is 2. The van der Waals surface area contributed by atoms with Gasteiger partial charge in [0.1, 0.15) is 17.3 Å². The van der Waals surface area contributed by atoms with E-state index in [2.05, 4.69) is 9.88 Å². The van der Waals surface area contributed by atoms with Crippen molar-refractivity contribution in [1.29, 1.82) is 0 Å². The molecule has 1 amide bonds. The van der Waals surface area contributed by atoms with Gasteiger partial charge in [-0.3, -0.25) is 4.79 Å². The lowest BCUT2D eigenvalue weighted by Gasteiger charge is -2.34. The number of anilines is 1. The molecule has 0 bridgehead atoms. The Hall–Kier alpha value is -4.26. The summed E-state index contributed by atoms with van der Waals surface area (Å²) in [5.41, 5.74) is 2.14. The third-order valence-corrected chi connectivity index (χ3v) is 5.69. The van der Waals surface area contributed by atoms with Crippen LogP contribution in [0.2, 0.25) is 0 Å². The molecule has 5 rings (SSSR count).